The Morgan fingerprint density at radius 2 is 2.21 bits per heavy atom. The van der Waals surface area contributed by atoms with Crippen LogP contribution in [-0.4, -0.2) is 28.1 Å². The first-order chi connectivity index (χ1) is 9.03. The summed E-state index contributed by atoms with van der Waals surface area (Å²) in [5, 5.41) is 5.45. The second kappa shape index (κ2) is 7.80. The Labute approximate surface area is 123 Å². The molecule has 0 aliphatic heterocycles. The number of carbonyl (C=O) groups excluding carboxylic acids is 1. The number of aryl methyl sites for hydroxylation is 2. The normalized spacial score (nSPS) is 12.5. The molecule has 1 rings (SSSR count). The second-order valence-electron chi connectivity index (χ2n) is 4.28. The Morgan fingerprint density at radius 1 is 1.53 bits per heavy atom. The molecule has 108 valence electrons. The first kappa shape index (κ1) is 16.4. The maximum Gasteiger partial charge on any atom is 0.306 e. The maximum absolute atomic E-state index is 11.2. The molecule has 1 aromatic heterocycles. The van der Waals surface area contributed by atoms with Gasteiger partial charge in [-0.2, -0.15) is 16.9 Å². The molecule has 4 nitrogen and oxygen atoms in total. The van der Waals surface area contributed by atoms with Crippen molar-refractivity contribution in [2.45, 2.75) is 51.2 Å². The Hall–Kier alpha value is -0.680. The van der Waals surface area contributed by atoms with Crippen LogP contribution in [0.25, 0.3) is 0 Å². The molecule has 0 saturated heterocycles. The average molecular weight is 305 g/mol. The lowest BCUT2D eigenvalue weighted by Crippen LogP contribution is -2.10. The molecule has 1 aromatic rings. The summed E-state index contributed by atoms with van der Waals surface area (Å²) < 4.78 is 6.61. The fourth-order valence-corrected chi connectivity index (χ4v) is 3.16. The van der Waals surface area contributed by atoms with Gasteiger partial charge in [0, 0.05) is 17.5 Å². The van der Waals surface area contributed by atoms with Crippen LogP contribution in [-0.2, 0) is 28.2 Å². The molecule has 0 spiro atoms. The van der Waals surface area contributed by atoms with E-state index in [2.05, 4.69) is 16.8 Å². The van der Waals surface area contributed by atoms with Gasteiger partial charge < -0.3 is 4.74 Å². The molecular weight excluding hydrogens is 284 g/mol. The van der Waals surface area contributed by atoms with E-state index in [1.807, 2.05) is 18.5 Å². The first-order valence-electron chi connectivity index (χ1n) is 6.45. The highest BCUT2D eigenvalue weighted by Gasteiger charge is 2.16. The average Bonchev–Trinajstić information content (AvgIpc) is 2.72. The zero-order valence-corrected chi connectivity index (χ0v) is 13.5. The van der Waals surface area contributed by atoms with Crippen molar-refractivity contribution < 1.29 is 9.53 Å². The Bertz CT molecular complexity index is 435. The van der Waals surface area contributed by atoms with Gasteiger partial charge in [0.05, 0.1) is 29.9 Å². The molecular formula is C13H21ClN2O2S. The van der Waals surface area contributed by atoms with Crippen molar-refractivity contribution in [2.24, 2.45) is 0 Å². The van der Waals surface area contributed by atoms with Gasteiger partial charge in [-0.15, -0.1) is 0 Å². The van der Waals surface area contributed by atoms with Gasteiger partial charge in [0.25, 0.3) is 0 Å². The fourth-order valence-electron chi connectivity index (χ4n) is 1.75. The van der Waals surface area contributed by atoms with Crippen LogP contribution < -0.4 is 0 Å². The lowest BCUT2D eigenvalue weighted by atomic mass is 10.3. The molecule has 1 heterocycles. The number of aromatic nitrogens is 2. The molecule has 0 saturated carbocycles. The molecule has 0 radical (unpaired) electrons. The predicted octanol–water partition coefficient (Wildman–Crippen LogP) is 3.30. The Kier molecular flexibility index (Phi) is 6.72. The number of hydrogen-bond acceptors (Lipinski definition) is 4. The van der Waals surface area contributed by atoms with E-state index in [9.17, 15) is 4.79 Å². The summed E-state index contributed by atoms with van der Waals surface area (Å²) in [6, 6.07) is 0. The summed E-state index contributed by atoms with van der Waals surface area (Å²) in [5.41, 5.74) is 1.99. The first-order valence-corrected chi connectivity index (χ1v) is 7.88. The van der Waals surface area contributed by atoms with E-state index < -0.39 is 0 Å². The Balaban J connectivity index is 2.66. The number of carbonyl (C=O) groups is 1. The van der Waals surface area contributed by atoms with Gasteiger partial charge >= 0.3 is 5.97 Å². The number of halogens is 1. The Morgan fingerprint density at radius 3 is 2.74 bits per heavy atom. The van der Waals surface area contributed by atoms with Crippen LogP contribution in [0, 0.1) is 0 Å². The summed E-state index contributed by atoms with van der Waals surface area (Å²) in [6.07, 6.45) is 1.25. The van der Waals surface area contributed by atoms with Crippen LogP contribution in [0.15, 0.2) is 0 Å². The third-order valence-corrected chi connectivity index (χ3v) is 4.49. The number of methoxy groups -OCH3 is 1. The molecule has 0 N–H and O–H groups in total. The molecule has 0 bridgehead atoms. The standard InChI is InChI=1S/C13H21ClN2O2S/c1-5-10-13(14)11(16(6-2)15-10)8-19-9(3)7-12(17)18-4/h9H,5-8H2,1-4H3. The summed E-state index contributed by atoms with van der Waals surface area (Å²) in [7, 11) is 1.41. The van der Waals surface area contributed by atoms with E-state index in [-0.39, 0.29) is 11.2 Å². The highest BCUT2D eigenvalue weighted by atomic mass is 35.5. The number of ether oxygens (including phenoxy) is 1. The largest absolute Gasteiger partial charge is 0.469 e. The van der Waals surface area contributed by atoms with Crippen molar-refractivity contribution in [1.82, 2.24) is 9.78 Å². The molecule has 1 unspecified atom stereocenters. The molecule has 1 atom stereocenters. The predicted molar refractivity (Wildman–Crippen MR) is 79.7 cm³/mol. The monoisotopic (exact) mass is 304 g/mol. The minimum atomic E-state index is -0.177. The van der Waals surface area contributed by atoms with Crippen molar-refractivity contribution in [3.63, 3.8) is 0 Å². The summed E-state index contributed by atoms with van der Waals surface area (Å²) in [5.74, 6) is 0.585. The number of rotatable bonds is 7. The van der Waals surface area contributed by atoms with Crippen LogP contribution in [0.2, 0.25) is 5.02 Å². The van der Waals surface area contributed by atoms with Crippen molar-refractivity contribution >= 4 is 29.3 Å². The van der Waals surface area contributed by atoms with Gasteiger partial charge in [-0.3, -0.25) is 9.48 Å². The van der Waals surface area contributed by atoms with Crippen molar-refractivity contribution in [3.05, 3.63) is 16.4 Å². The number of nitrogens with zero attached hydrogens (tertiary/aromatic N) is 2. The third-order valence-electron chi connectivity index (χ3n) is 2.88. The second-order valence-corrected chi connectivity index (χ2v) is 6.08. The van der Waals surface area contributed by atoms with Crippen LogP contribution in [0.4, 0.5) is 0 Å². The van der Waals surface area contributed by atoms with E-state index in [1.54, 1.807) is 11.8 Å². The van der Waals surface area contributed by atoms with Gasteiger partial charge in [0.15, 0.2) is 0 Å². The lowest BCUT2D eigenvalue weighted by molar-refractivity contribution is -0.140. The van der Waals surface area contributed by atoms with E-state index in [4.69, 9.17) is 11.6 Å². The summed E-state index contributed by atoms with van der Waals surface area (Å²) in [6.45, 7) is 6.92. The van der Waals surface area contributed by atoms with E-state index >= 15 is 0 Å². The molecule has 0 aromatic carbocycles. The summed E-state index contributed by atoms with van der Waals surface area (Å²) >= 11 is 8.03. The number of thioether (sulfide) groups is 1. The highest BCUT2D eigenvalue weighted by Crippen LogP contribution is 2.28. The minimum absolute atomic E-state index is 0.177. The fraction of sp³-hybridized carbons (Fsp3) is 0.692. The summed E-state index contributed by atoms with van der Waals surface area (Å²) in [4.78, 5) is 11.2. The van der Waals surface area contributed by atoms with Crippen LogP contribution >= 0.6 is 23.4 Å². The highest BCUT2D eigenvalue weighted by molar-refractivity contribution is 7.99. The van der Waals surface area contributed by atoms with Gasteiger partial charge in [-0.25, -0.2) is 0 Å². The van der Waals surface area contributed by atoms with Gasteiger partial charge in [-0.05, 0) is 13.3 Å². The quantitative estimate of drug-likeness (QED) is 0.725. The van der Waals surface area contributed by atoms with Gasteiger partial charge in [-0.1, -0.05) is 25.4 Å². The molecule has 0 aliphatic rings. The molecule has 6 heteroatoms. The minimum Gasteiger partial charge on any atom is -0.469 e. The zero-order valence-electron chi connectivity index (χ0n) is 11.9. The van der Waals surface area contributed by atoms with Gasteiger partial charge in [0.1, 0.15) is 0 Å². The topological polar surface area (TPSA) is 44.1 Å². The third kappa shape index (κ3) is 4.42. The van der Waals surface area contributed by atoms with E-state index in [0.717, 1.165) is 35.1 Å². The van der Waals surface area contributed by atoms with E-state index in [1.165, 1.54) is 7.11 Å². The van der Waals surface area contributed by atoms with Crippen LogP contribution in [0.1, 0.15) is 38.6 Å². The number of esters is 1. The molecule has 0 amide bonds. The smallest absolute Gasteiger partial charge is 0.306 e. The molecule has 0 aliphatic carbocycles. The van der Waals surface area contributed by atoms with Crippen LogP contribution in [0.5, 0.6) is 0 Å². The SMILES string of the molecule is CCc1nn(CC)c(CSC(C)CC(=O)OC)c1Cl. The lowest BCUT2D eigenvalue weighted by Gasteiger charge is -2.10. The zero-order chi connectivity index (χ0) is 14.4. The van der Waals surface area contributed by atoms with Crippen molar-refractivity contribution in [1.29, 1.82) is 0 Å². The molecule has 0 fully saturated rings. The number of hydrogen-bond donors (Lipinski definition) is 0. The van der Waals surface area contributed by atoms with Crippen LogP contribution in [0.3, 0.4) is 0 Å². The van der Waals surface area contributed by atoms with Crippen molar-refractivity contribution in [2.75, 3.05) is 7.11 Å². The maximum atomic E-state index is 11.2. The van der Waals surface area contributed by atoms with Crippen molar-refractivity contribution in [3.8, 4) is 0 Å². The van der Waals surface area contributed by atoms with E-state index in [0.29, 0.717) is 6.42 Å². The molecule has 19 heavy (non-hydrogen) atoms. The van der Waals surface area contributed by atoms with Gasteiger partial charge in [0.2, 0.25) is 0 Å².